The highest BCUT2D eigenvalue weighted by molar-refractivity contribution is 5.16. The molecule has 0 bridgehead atoms. The van der Waals surface area contributed by atoms with Crippen LogP contribution >= 0.6 is 0 Å². The normalized spacial score (nSPS) is 11.8. The average molecular weight is 271 g/mol. The number of rotatable bonds is 6. The number of nitrogens with one attached hydrogen (secondary N) is 1. The SMILES string of the molecule is Cc1nn(C)cc1CNC(C)(C)CCc1ccccc1. The summed E-state index contributed by atoms with van der Waals surface area (Å²) in [5.74, 6) is 0. The van der Waals surface area contributed by atoms with Gasteiger partial charge in [0.1, 0.15) is 0 Å². The minimum atomic E-state index is 0.123. The first kappa shape index (κ1) is 14.8. The Morgan fingerprint density at radius 3 is 2.50 bits per heavy atom. The fraction of sp³-hybridized carbons (Fsp3) is 0.471. The third-order valence-electron chi connectivity index (χ3n) is 3.75. The second-order valence-corrected chi connectivity index (χ2v) is 6.14. The van der Waals surface area contributed by atoms with Crippen molar-refractivity contribution in [3.05, 3.63) is 53.3 Å². The lowest BCUT2D eigenvalue weighted by Crippen LogP contribution is -2.39. The van der Waals surface area contributed by atoms with Crippen molar-refractivity contribution in [1.82, 2.24) is 15.1 Å². The molecule has 108 valence electrons. The lowest BCUT2D eigenvalue weighted by atomic mass is 9.95. The molecule has 1 aromatic carbocycles. The van der Waals surface area contributed by atoms with E-state index >= 15 is 0 Å². The lowest BCUT2D eigenvalue weighted by molar-refractivity contribution is 0.360. The molecule has 0 aliphatic carbocycles. The minimum Gasteiger partial charge on any atom is -0.308 e. The highest BCUT2D eigenvalue weighted by atomic mass is 15.3. The van der Waals surface area contributed by atoms with E-state index in [0.717, 1.165) is 25.1 Å². The summed E-state index contributed by atoms with van der Waals surface area (Å²) >= 11 is 0. The van der Waals surface area contributed by atoms with E-state index in [1.807, 2.05) is 11.7 Å². The van der Waals surface area contributed by atoms with Crippen LogP contribution in [0.15, 0.2) is 36.5 Å². The molecule has 0 aliphatic rings. The van der Waals surface area contributed by atoms with Gasteiger partial charge < -0.3 is 5.32 Å². The number of hydrogen-bond donors (Lipinski definition) is 1. The molecule has 0 saturated carbocycles. The van der Waals surface area contributed by atoms with Crippen LogP contribution in [0.2, 0.25) is 0 Å². The van der Waals surface area contributed by atoms with Crippen LogP contribution < -0.4 is 5.32 Å². The zero-order valence-electron chi connectivity index (χ0n) is 13.0. The van der Waals surface area contributed by atoms with Gasteiger partial charge in [0.2, 0.25) is 0 Å². The van der Waals surface area contributed by atoms with Gasteiger partial charge in [-0.15, -0.1) is 0 Å². The molecule has 0 spiro atoms. The predicted molar refractivity (Wildman–Crippen MR) is 83.6 cm³/mol. The number of hydrogen-bond acceptors (Lipinski definition) is 2. The van der Waals surface area contributed by atoms with E-state index in [1.165, 1.54) is 11.1 Å². The number of aryl methyl sites for hydroxylation is 3. The van der Waals surface area contributed by atoms with Crippen LogP contribution in [-0.4, -0.2) is 15.3 Å². The van der Waals surface area contributed by atoms with Crippen molar-refractivity contribution in [3.63, 3.8) is 0 Å². The number of benzene rings is 1. The van der Waals surface area contributed by atoms with Gasteiger partial charge in [0.05, 0.1) is 5.69 Å². The van der Waals surface area contributed by atoms with Crippen LogP contribution in [0.5, 0.6) is 0 Å². The van der Waals surface area contributed by atoms with E-state index in [1.54, 1.807) is 0 Å². The van der Waals surface area contributed by atoms with E-state index in [-0.39, 0.29) is 5.54 Å². The summed E-state index contributed by atoms with van der Waals surface area (Å²) in [5, 5.41) is 8.03. The fourth-order valence-corrected chi connectivity index (χ4v) is 2.35. The van der Waals surface area contributed by atoms with E-state index in [9.17, 15) is 0 Å². The van der Waals surface area contributed by atoms with Crippen molar-refractivity contribution >= 4 is 0 Å². The molecule has 1 N–H and O–H groups in total. The standard InChI is InChI=1S/C17H25N3/c1-14-16(13-20(4)19-14)12-18-17(2,3)11-10-15-8-6-5-7-9-15/h5-9,13,18H,10-12H2,1-4H3. The molecule has 2 rings (SSSR count). The van der Waals surface area contributed by atoms with E-state index < -0.39 is 0 Å². The summed E-state index contributed by atoms with van der Waals surface area (Å²) in [6.45, 7) is 7.47. The Morgan fingerprint density at radius 1 is 1.20 bits per heavy atom. The maximum atomic E-state index is 4.38. The third-order valence-corrected chi connectivity index (χ3v) is 3.75. The Labute approximate surface area is 122 Å². The second-order valence-electron chi connectivity index (χ2n) is 6.14. The first-order valence-electron chi connectivity index (χ1n) is 7.24. The molecule has 0 amide bonds. The highest BCUT2D eigenvalue weighted by Crippen LogP contribution is 2.15. The molecule has 0 unspecified atom stereocenters. The molecule has 1 heterocycles. The van der Waals surface area contributed by atoms with Crippen LogP contribution in [0.4, 0.5) is 0 Å². The molecular weight excluding hydrogens is 246 g/mol. The van der Waals surface area contributed by atoms with Gasteiger partial charge in [-0.2, -0.15) is 5.10 Å². The fourth-order valence-electron chi connectivity index (χ4n) is 2.35. The summed E-state index contributed by atoms with van der Waals surface area (Å²) in [6, 6.07) is 10.7. The molecule has 0 radical (unpaired) electrons. The van der Waals surface area contributed by atoms with Crippen LogP contribution in [0.3, 0.4) is 0 Å². The maximum Gasteiger partial charge on any atom is 0.0638 e. The molecule has 0 atom stereocenters. The van der Waals surface area contributed by atoms with Gasteiger partial charge in [-0.25, -0.2) is 0 Å². The van der Waals surface area contributed by atoms with Crippen LogP contribution in [0.25, 0.3) is 0 Å². The minimum absolute atomic E-state index is 0.123. The molecule has 3 heteroatoms. The number of aromatic nitrogens is 2. The zero-order valence-corrected chi connectivity index (χ0v) is 13.0. The molecule has 0 fully saturated rings. The summed E-state index contributed by atoms with van der Waals surface area (Å²) in [6.07, 6.45) is 4.32. The maximum absolute atomic E-state index is 4.38. The van der Waals surface area contributed by atoms with Crippen LogP contribution in [0.1, 0.15) is 37.1 Å². The van der Waals surface area contributed by atoms with Crippen molar-refractivity contribution in [2.24, 2.45) is 7.05 Å². The third kappa shape index (κ3) is 4.20. The topological polar surface area (TPSA) is 29.9 Å². The highest BCUT2D eigenvalue weighted by Gasteiger charge is 2.17. The van der Waals surface area contributed by atoms with Gasteiger partial charge in [-0.3, -0.25) is 4.68 Å². The molecule has 20 heavy (non-hydrogen) atoms. The van der Waals surface area contributed by atoms with E-state index in [2.05, 4.69) is 67.7 Å². The molecule has 3 nitrogen and oxygen atoms in total. The van der Waals surface area contributed by atoms with Crippen molar-refractivity contribution in [2.75, 3.05) is 0 Å². The first-order valence-corrected chi connectivity index (χ1v) is 7.24. The summed E-state index contributed by atoms with van der Waals surface area (Å²) in [4.78, 5) is 0. The monoisotopic (exact) mass is 271 g/mol. The second kappa shape index (κ2) is 6.23. The van der Waals surface area contributed by atoms with Gasteiger partial charge in [0, 0.05) is 30.9 Å². The van der Waals surface area contributed by atoms with Gasteiger partial charge >= 0.3 is 0 Å². The van der Waals surface area contributed by atoms with Crippen molar-refractivity contribution in [3.8, 4) is 0 Å². The molecule has 2 aromatic rings. The Morgan fingerprint density at radius 2 is 1.90 bits per heavy atom. The molecule has 1 aromatic heterocycles. The Balaban J connectivity index is 1.86. The van der Waals surface area contributed by atoms with Crippen LogP contribution in [-0.2, 0) is 20.0 Å². The Kier molecular flexibility index (Phi) is 4.61. The Bertz CT molecular complexity index is 541. The van der Waals surface area contributed by atoms with Crippen LogP contribution in [0, 0.1) is 6.92 Å². The Hall–Kier alpha value is -1.61. The number of nitrogens with zero attached hydrogens (tertiary/aromatic N) is 2. The molecule has 0 saturated heterocycles. The van der Waals surface area contributed by atoms with Crippen molar-refractivity contribution in [2.45, 2.75) is 45.7 Å². The van der Waals surface area contributed by atoms with Crippen molar-refractivity contribution in [1.29, 1.82) is 0 Å². The predicted octanol–water partition coefficient (Wildman–Crippen LogP) is 3.23. The van der Waals surface area contributed by atoms with Crippen molar-refractivity contribution < 1.29 is 0 Å². The summed E-state index contributed by atoms with van der Waals surface area (Å²) in [7, 11) is 1.97. The van der Waals surface area contributed by atoms with E-state index in [4.69, 9.17) is 0 Å². The summed E-state index contributed by atoms with van der Waals surface area (Å²) < 4.78 is 1.88. The zero-order chi connectivity index (χ0) is 14.6. The van der Waals surface area contributed by atoms with Gasteiger partial charge in [0.25, 0.3) is 0 Å². The average Bonchev–Trinajstić information content (AvgIpc) is 2.74. The van der Waals surface area contributed by atoms with Gasteiger partial charge in [-0.05, 0) is 39.2 Å². The smallest absolute Gasteiger partial charge is 0.0638 e. The molecular formula is C17H25N3. The van der Waals surface area contributed by atoms with Gasteiger partial charge in [0.15, 0.2) is 0 Å². The first-order chi connectivity index (χ1) is 9.46. The quantitative estimate of drug-likeness (QED) is 0.874. The van der Waals surface area contributed by atoms with E-state index in [0.29, 0.717) is 0 Å². The molecule has 0 aliphatic heterocycles. The van der Waals surface area contributed by atoms with Gasteiger partial charge in [-0.1, -0.05) is 30.3 Å². The summed E-state index contributed by atoms with van der Waals surface area (Å²) in [5.41, 5.74) is 3.91. The largest absolute Gasteiger partial charge is 0.308 e. The lowest BCUT2D eigenvalue weighted by Gasteiger charge is -2.26.